The fourth-order valence-electron chi connectivity index (χ4n) is 3.19. The van der Waals surface area contributed by atoms with Gasteiger partial charge in [-0.05, 0) is 38.5 Å². The van der Waals surface area contributed by atoms with Crippen LogP contribution < -0.4 is 0 Å². The van der Waals surface area contributed by atoms with E-state index in [1.807, 2.05) is 0 Å². The van der Waals surface area contributed by atoms with Gasteiger partial charge in [0, 0.05) is 5.92 Å². The van der Waals surface area contributed by atoms with Crippen molar-refractivity contribution in [2.45, 2.75) is 52.9 Å². The average Bonchev–Trinajstić information content (AvgIpc) is 2.15. The summed E-state index contributed by atoms with van der Waals surface area (Å²) in [7, 11) is 0. The van der Waals surface area contributed by atoms with Crippen LogP contribution in [0.5, 0.6) is 0 Å². The minimum absolute atomic E-state index is 0.0121. The van der Waals surface area contributed by atoms with E-state index < -0.39 is 0 Å². The van der Waals surface area contributed by atoms with E-state index >= 15 is 0 Å². The van der Waals surface area contributed by atoms with Crippen molar-refractivity contribution in [1.29, 1.82) is 0 Å². The highest BCUT2D eigenvalue weighted by Crippen LogP contribution is 2.38. The number of hydrogen-bond acceptors (Lipinski definition) is 2. The van der Waals surface area contributed by atoms with E-state index in [-0.39, 0.29) is 6.29 Å². The molecule has 1 fully saturated rings. The van der Waals surface area contributed by atoms with Crippen molar-refractivity contribution in [3.05, 3.63) is 11.6 Å². The van der Waals surface area contributed by atoms with Gasteiger partial charge in [-0.1, -0.05) is 25.5 Å². The summed E-state index contributed by atoms with van der Waals surface area (Å²) in [6, 6.07) is 0. The molecule has 0 unspecified atom stereocenters. The highest BCUT2D eigenvalue weighted by Gasteiger charge is 2.37. The third kappa shape index (κ3) is 2.49. The van der Waals surface area contributed by atoms with Gasteiger partial charge in [-0.3, -0.25) is 0 Å². The molecule has 0 radical (unpaired) electrons. The van der Waals surface area contributed by atoms with Crippen molar-refractivity contribution in [3.63, 3.8) is 0 Å². The number of allylic oxidation sites excluding steroid dienone is 2. The minimum Gasteiger partial charge on any atom is -0.352 e. The molecule has 1 aliphatic carbocycles. The van der Waals surface area contributed by atoms with E-state index in [2.05, 4.69) is 33.8 Å². The number of hydrogen-bond donors (Lipinski definition) is 0. The fraction of sp³-hybridized carbons (Fsp3) is 0.857. The molecule has 2 heteroatoms. The highest BCUT2D eigenvalue weighted by atomic mass is 16.7. The molecular weight excluding hydrogens is 200 g/mol. The van der Waals surface area contributed by atoms with Gasteiger partial charge in [-0.15, -0.1) is 0 Å². The highest BCUT2D eigenvalue weighted by molar-refractivity contribution is 5.08. The predicted octanol–water partition coefficient (Wildman–Crippen LogP) is 3.38. The maximum absolute atomic E-state index is 5.95. The Labute approximate surface area is 99.0 Å². The summed E-state index contributed by atoms with van der Waals surface area (Å²) < 4.78 is 11.8. The Balaban J connectivity index is 2.07. The third-order valence-electron chi connectivity index (χ3n) is 3.94. The molecule has 0 N–H and O–H groups in total. The normalized spacial score (nSPS) is 45.2. The Morgan fingerprint density at radius 2 is 2.00 bits per heavy atom. The maximum atomic E-state index is 5.95. The summed E-state index contributed by atoms with van der Waals surface area (Å²) in [5.74, 6) is 1.75. The lowest BCUT2D eigenvalue weighted by Crippen LogP contribution is -2.42. The first-order valence-corrected chi connectivity index (χ1v) is 6.52. The Hall–Kier alpha value is -0.340. The van der Waals surface area contributed by atoms with E-state index in [1.165, 1.54) is 12.0 Å². The minimum atomic E-state index is 0.0121. The molecule has 1 aliphatic heterocycles. The van der Waals surface area contributed by atoms with Gasteiger partial charge in [0.05, 0.1) is 12.7 Å². The van der Waals surface area contributed by atoms with E-state index in [0.29, 0.717) is 23.9 Å². The summed E-state index contributed by atoms with van der Waals surface area (Å²) in [4.78, 5) is 0. The second kappa shape index (κ2) is 4.89. The van der Waals surface area contributed by atoms with Crippen LogP contribution in [-0.2, 0) is 9.47 Å². The average molecular weight is 224 g/mol. The molecule has 1 heterocycles. The molecule has 0 aromatic carbocycles. The summed E-state index contributed by atoms with van der Waals surface area (Å²) >= 11 is 0. The van der Waals surface area contributed by atoms with Crippen LogP contribution >= 0.6 is 0 Å². The first kappa shape index (κ1) is 12.1. The van der Waals surface area contributed by atoms with Crippen molar-refractivity contribution in [1.82, 2.24) is 0 Å². The molecule has 0 aromatic heterocycles. The van der Waals surface area contributed by atoms with Crippen molar-refractivity contribution < 1.29 is 9.47 Å². The molecule has 92 valence electrons. The van der Waals surface area contributed by atoms with E-state index in [9.17, 15) is 0 Å². The quantitative estimate of drug-likeness (QED) is 0.636. The lowest BCUT2D eigenvalue weighted by molar-refractivity contribution is -0.243. The van der Waals surface area contributed by atoms with Crippen LogP contribution in [0, 0.1) is 17.8 Å². The molecular formula is C14H24O2. The summed E-state index contributed by atoms with van der Waals surface area (Å²) in [6.07, 6.45) is 4.97. The molecule has 0 saturated carbocycles. The van der Waals surface area contributed by atoms with E-state index in [0.717, 1.165) is 13.0 Å². The maximum Gasteiger partial charge on any atom is 0.161 e. The van der Waals surface area contributed by atoms with Crippen LogP contribution in [0.2, 0.25) is 0 Å². The topological polar surface area (TPSA) is 18.5 Å². The van der Waals surface area contributed by atoms with Crippen LogP contribution in [-0.4, -0.2) is 19.0 Å². The largest absolute Gasteiger partial charge is 0.352 e. The zero-order valence-electron chi connectivity index (χ0n) is 10.9. The third-order valence-corrected chi connectivity index (χ3v) is 3.94. The first-order chi connectivity index (χ1) is 7.58. The standard InChI is InChI=1S/C14H24O2/c1-9-7-10(2)13(11(3)8-9)14-15-6-5-12(4)16-14/h7,10-14H,5-6,8H2,1-4H3/t10-,11+,12+,13-,14+/m0/s1. The second-order valence-corrected chi connectivity index (χ2v) is 5.61. The SMILES string of the molecule is CC1=C[C@H](C)[C@H]([C@@H]2OCC[C@@H](C)O2)[C@H](C)C1. The summed E-state index contributed by atoms with van der Waals surface area (Å²) in [5, 5.41) is 0. The fourth-order valence-corrected chi connectivity index (χ4v) is 3.19. The van der Waals surface area contributed by atoms with Gasteiger partial charge in [0.25, 0.3) is 0 Å². The smallest absolute Gasteiger partial charge is 0.161 e. The van der Waals surface area contributed by atoms with Gasteiger partial charge in [0.1, 0.15) is 0 Å². The molecule has 2 rings (SSSR count). The Kier molecular flexibility index (Phi) is 3.70. The van der Waals surface area contributed by atoms with Crippen molar-refractivity contribution >= 4 is 0 Å². The second-order valence-electron chi connectivity index (χ2n) is 5.61. The zero-order valence-corrected chi connectivity index (χ0v) is 10.9. The molecule has 0 bridgehead atoms. The van der Waals surface area contributed by atoms with Gasteiger partial charge in [0.2, 0.25) is 0 Å². The molecule has 0 spiro atoms. The van der Waals surface area contributed by atoms with Crippen molar-refractivity contribution in [2.75, 3.05) is 6.61 Å². The Bertz CT molecular complexity index is 272. The molecule has 0 amide bonds. The van der Waals surface area contributed by atoms with Crippen LogP contribution in [0.15, 0.2) is 11.6 Å². The molecule has 2 nitrogen and oxygen atoms in total. The van der Waals surface area contributed by atoms with E-state index in [4.69, 9.17) is 9.47 Å². The van der Waals surface area contributed by atoms with Crippen LogP contribution in [0.3, 0.4) is 0 Å². The van der Waals surface area contributed by atoms with Gasteiger partial charge >= 0.3 is 0 Å². The summed E-state index contributed by atoms with van der Waals surface area (Å²) in [5.41, 5.74) is 1.51. The van der Waals surface area contributed by atoms with Gasteiger partial charge in [0.15, 0.2) is 6.29 Å². The van der Waals surface area contributed by atoms with E-state index in [1.54, 1.807) is 0 Å². The lowest BCUT2D eigenvalue weighted by atomic mass is 9.74. The monoisotopic (exact) mass is 224 g/mol. The van der Waals surface area contributed by atoms with Crippen molar-refractivity contribution in [3.8, 4) is 0 Å². The molecule has 5 atom stereocenters. The molecule has 1 saturated heterocycles. The van der Waals surface area contributed by atoms with Crippen molar-refractivity contribution in [2.24, 2.45) is 17.8 Å². The Morgan fingerprint density at radius 1 is 1.25 bits per heavy atom. The van der Waals surface area contributed by atoms with Gasteiger partial charge < -0.3 is 9.47 Å². The molecule has 16 heavy (non-hydrogen) atoms. The molecule has 0 aromatic rings. The van der Waals surface area contributed by atoms with Crippen LogP contribution in [0.4, 0.5) is 0 Å². The number of ether oxygens (including phenoxy) is 2. The summed E-state index contributed by atoms with van der Waals surface area (Å²) in [6.45, 7) is 9.84. The predicted molar refractivity (Wildman–Crippen MR) is 65.1 cm³/mol. The Morgan fingerprint density at radius 3 is 2.62 bits per heavy atom. The van der Waals surface area contributed by atoms with Gasteiger partial charge in [-0.2, -0.15) is 0 Å². The first-order valence-electron chi connectivity index (χ1n) is 6.52. The zero-order chi connectivity index (χ0) is 11.7. The molecule has 2 aliphatic rings. The lowest BCUT2D eigenvalue weighted by Gasteiger charge is -2.41. The number of rotatable bonds is 1. The van der Waals surface area contributed by atoms with Gasteiger partial charge in [-0.25, -0.2) is 0 Å². The van der Waals surface area contributed by atoms with Crippen LogP contribution in [0.1, 0.15) is 40.5 Å². The van der Waals surface area contributed by atoms with Crippen LogP contribution in [0.25, 0.3) is 0 Å².